The summed E-state index contributed by atoms with van der Waals surface area (Å²) in [5.41, 5.74) is 11.1. The van der Waals surface area contributed by atoms with E-state index in [0.717, 1.165) is 64.8 Å². The maximum Gasteiger partial charge on any atom is 0.307 e. The molecule has 2 aliphatic rings. The van der Waals surface area contributed by atoms with E-state index in [1.165, 1.54) is 0 Å². The lowest BCUT2D eigenvalue weighted by Crippen LogP contribution is -2.44. The largest absolute Gasteiger partial charge is 0.488 e. The number of nitrogens with zero attached hydrogens (tertiary/aromatic N) is 3. The first-order valence-corrected chi connectivity index (χ1v) is 14.3. The van der Waals surface area contributed by atoms with Gasteiger partial charge >= 0.3 is 5.97 Å². The van der Waals surface area contributed by atoms with Crippen molar-refractivity contribution in [3.05, 3.63) is 64.0 Å². The van der Waals surface area contributed by atoms with Crippen molar-refractivity contribution >= 4 is 28.3 Å². The number of aromatic nitrogens is 1. The SMILES string of the molecule is Cc1ccc(OCc2ccc(C(=O)N(C)CCN)cc2C)c(-c2csc(N3C[C@H]4CC[C@@H](C3)C4C(=O)O)n2)c1. The number of hydrogen-bond donors (Lipinski definition) is 2. The minimum atomic E-state index is -0.654. The van der Waals surface area contributed by atoms with Crippen LogP contribution in [0.2, 0.25) is 0 Å². The van der Waals surface area contributed by atoms with E-state index in [9.17, 15) is 14.7 Å². The number of likely N-dealkylation sites (N-methyl/N-ethyl adjacent to an activating group) is 1. The van der Waals surface area contributed by atoms with Gasteiger partial charge in [-0.05, 0) is 73.9 Å². The Morgan fingerprint density at radius 3 is 2.56 bits per heavy atom. The number of thiazole rings is 1. The smallest absolute Gasteiger partial charge is 0.307 e. The number of hydrogen-bond acceptors (Lipinski definition) is 7. The molecule has 8 nitrogen and oxygen atoms in total. The Morgan fingerprint density at radius 2 is 1.90 bits per heavy atom. The highest BCUT2D eigenvalue weighted by Crippen LogP contribution is 2.44. The van der Waals surface area contributed by atoms with Gasteiger partial charge in [0.1, 0.15) is 12.4 Å². The molecular weight excluding hydrogens is 512 g/mol. The Kier molecular flexibility index (Phi) is 7.91. The molecule has 5 rings (SSSR count). The first kappa shape index (κ1) is 27.1. The summed E-state index contributed by atoms with van der Waals surface area (Å²) in [5.74, 6) is 0.217. The molecular formula is C30H36N4O4S. The average molecular weight is 549 g/mol. The van der Waals surface area contributed by atoms with Crippen molar-refractivity contribution in [1.29, 1.82) is 0 Å². The summed E-state index contributed by atoms with van der Waals surface area (Å²) in [7, 11) is 1.76. The highest BCUT2D eigenvalue weighted by Gasteiger charge is 2.46. The lowest BCUT2D eigenvalue weighted by Gasteiger charge is -2.35. The van der Waals surface area contributed by atoms with Gasteiger partial charge in [0.2, 0.25) is 0 Å². The monoisotopic (exact) mass is 548 g/mol. The molecule has 1 saturated heterocycles. The first-order valence-electron chi connectivity index (χ1n) is 13.5. The molecule has 3 aromatic rings. The summed E-state index contributed by atoms with van der Waals surface area (Å²) in [6.07, 6.45) is 1.95. The molecule has 0 radical (unpaired) electrons. The number of nitrogens with two attached hydrogens (primary N) is 1. The van der Waals surface area contributed by atoms with E-state index < -0.39 is 5.97 Å². The zero-order valence-corrected chi connectivity index (χ0v) is 23.5. The summed E-state index contributed by atoms with van der Waals surface area (Å²) in [4.78, 5) is 33.2. The summed E-state index contributed by atoms with van der Waals surface area (Å²) in [5, 5.41) is 12.6. The number of aliphatic carboxylic acids is 1. The highest BCUT2D eigenvalue weighted by atomic mass is 32.1. The van der Waals surface area contributed by atoms with Gasteiger partial charge in [-0.15, -0.1) is 11.3 Å². The topological polar surface area (TPSA) is 109 Å². The quantitative estimate of drug-likeness (QED) is 0.403. The highest BCUT2D eigenvalue weighted by molar-refractivity contribution is 7.14. The molecule has 1 saturated carbocycles. The van der Waals surface area contributed by atoms with E-state index in [1.54, 1.807) is 23.3 Å². The number of carboxylic acids is 1. The molecule has 2 heterocycles. The molecule has 3 atom stereocenters. The van der Waals surface area contributed by atoms with Gasteiger partial charge in [0.15, 0.2) is 5.13 Å². The molecule has 1 unspecified atom stereocenters. The maximum atomic E-state index is 12.6. The summed E-state index contributed by atoms with van der Waals surface area (Å²) < 4.78 is 6.31. The van der Waals surface area contributed by atoms with Crippen LogP contribution >= 0.6 is 11.3 Å². The molecule has 1 amide bonds. The van der Waals surface area contributed by atoms with Crippen molar-refractivity contribution in [3.8, 4) is 17.0 Å². The molecule has 2 fully saturated rings. The number of carbonyl (C=O) groups excluding carboxylic acids is 1. The van der Waals surface area contributed by atoms with Crippen LogP contribution in [0.15, 0.2) is 41.8 Å². The average Bonchev–Trinajstić information content (AvgIpc) is 3.51. The second kappa shape index (κ2) is 11.4. The van der Waals surface area contributed by atoms with Crippen molar-refractivity contribution in [1.82, 2.24) is 9.88 Å². The van der Waals surface area contributed by atoms with Crippen molar-refractivity contribution in [2.75, 3.05) is 38.1 Å². The summed E-state index contributed by atoms with van der Waals surface area (Å²) in [6, 6.07) is 11.8. The zero-order chi connectivity index (χ0) is 27.7. The van der Waals surface area contributed by atoms with E-state index >= 15 is 0 Å². The number of rotatable bonds is 9. The third-order valence-electron chi connectivity index (χ3n) is 8.08. The number of carbonyl (C=O) groups is 2. The van der Waals surface area contributed by atoms with Crippen LogP contribution < -0.4 is 15.4 Å². The zero-order valence-electron chi connectivity index (χ0n) is 22.7. The standard InChI is InChI=1S/C30H36N4O4S/c1-18-4-9-26(38-16-23-8-5-20(13-19(23)2)28(35)33(3)11-10-31)24(12-18)25-17-39-30(32-25)34-14-21-6-7-22(15-34)27(21)29(36)37/h4-5,8-9,12-13,17,21-22,27H,6-7,10-11,14-16,31H2,1-3H3,(H,36,37)/t21-,22+,27?. The number of fused-ring (bicyclic) bond motifs is 2. The third kappa shape index (κ3) is 5.65. The lowest BCUT2D eigenvalue weighted by molar-refractivity contribution is -0.144. The number of aryl methyl sites for hydroxylation is 2. The van der Waals surface area contributed by atoms with Crippen molar-refractivity contribution < 1.29 is 19.4 Å². The van der Waals surface area contributed by atoms with Gasteiger partial charge in [0.05, 0.1) is 11.6 Å². The molecule has 9 heteroatoms. The van der Waals surface area contributed by atoms with E-state index in [-0.39, 0.29) is 23.7 Å². The fourth-order valence-electron chi connectivity index (χ4n) is 5.95. The van der Waals surface area contributed by atoms with Gasteiger partial charge in [0.25, 0.3) is 5.91 Å². The van der Waals surface area contributed by atoms with Gasteiger partial charge in [-0.1, -0.05) is 17.7 Å². The molecule has 1 aliphatic carbocycles. The fraction of sp³-hybridized carbons (Fsp3) is 0.433. The number of anilines is 1. The van der Waals surface area contributed by atoms with E-state index in [1.807, 2.05) is 37.3 Å². The molecule has 206 valence electrons. The molecule has 3 N–H and O–H groups in total. The van der Waals surface area contributed by atoms with Gasteiger partial charge in [-0.25, -0.2) is 4.98 Å². The molecule has 2 aromatic carbocycles. The van der Waals surface area contributed by atoms with Crippen LogP contribution in [0, 0.1) is 31.6 Å². The van der Waals surface area contributed by atoms with Crippen LogP contribution in [0.4, 0.5) is 5.13 Å². The number of piperidine rings is 1. The predicted molar refractivity (Wildman–Crippen MR) is 153 cm³/mol. The maximum absolute atomic E-state index is 12.6. The normalized spacial score (nSPS) is 20.2. The van der Waals surface area contributed by atoms with Crippen molar-refractivity contribution in [3.63, 3.8) is 0 Å². The second-order valence-electron chi connectivity index (χ2n) is 10.8. The molecule has 2 bridgehead atoms. The molecule has 0 spiro atoms. The van der Waals surface area contributed by atoms with E-state index in [2.05, 4.69) is 23.3 Å². The molecule has 1 aliphatic heterocycles. The number of benzene rings is 2. The Bertz CT molecular complexity index is 1360. The van der Waals surface area contributed by atoms with E-state index in [4.69, 9.17) is 15.5 Å². The summed E-state index contributed by atoms with van der Waals surface area (Å²) >= 11 is 1.60. The van der Waals surface area contributed by atoms with Crippen LogP contribution in [0.25, 0.3) is 11.3 Å². The lowest BCUT2D eigenvalue weighted by atomic mass is 9.85. The van der Waals surface area contributed by atoms with E-state index in [0.29, 0.717) is 25.3 Å². The van der Waals surface area contributed by atoms with Crippen LogP contribution in [0.5, 0.6) is 5.75 Å². The second-order valence-corrected chi connectivity index (χ2v) is 11.7. The van der Waals surface area contributed by atoms with Gasteiger partial charge in [0, 0.05) is 49.7 Å². The Labute approximate surface area is 233 Å². The third-order valence-corrected chi connectivity index (χ3v) is 8.98. The van der Waals surface area contributed by atoms with Gasteiger partial charge in [-0.2, -0.15) is 0 Å². The Balaban J connectivity index is 1.31. The number of carboxylic acid groups (broad SMARTS) is 1. The number of ether oxygens (including phenoxy) is 1. The van der Waals surface area contributed by atoms with Gasteiger partial charge in [-0.3, -0.25) is 9.59 Å². The van der Waals surface area contributed by atoms with Crippen LogP contribution in [0.3, 0.4) is 0 Å². The fourth-order valence-corrected chi connectivity index (χ4v) is 6.79. The number of amides is 1. The minimum Gasteiger partial charge on any atom is -0.488 e. The van der Waals surface area contributed by atoms with Crippen LogP contribution in [-0.4, -0.2) is 60.1 Å². The first-order chi connectivity index (χ1) is 18.7. The van der Waals surface area contributed by atoms with Crippen molar-refractivity contribution in [2.45, 2.75) is 33.3 Å². The predicted octanol–water partition coefficient (Wildman–Crippen LogP) is 4.58. The van der Waals surface area contributed by atoms with Crippen molar-refractivity contribution in [2.24, 2.45) is 23.5 Å². The Hall–Kier alpha value is -3.43. The van der Waals surface area contributed by atoms with Gasteiger partial charge < -0.3 is 25.4 Å². The molecule has 39 heavy (non-hydrogen) atoms. The minimum absolute atomic E-state index is 0.0450. The van der Waals surface area contributed by atoms with Crippen LogP contribution in [0.1, 0.15) is 39.9 Å². The van der Waals surface area contributed by atoms with Crippen LogP contribution in [-0.2, 0) is 11.4 Å². The molecule has 1 aromatic heterocycles. The summed E-state index contributed by atoms with van der Waals surface area (Å²) in [6.45, 7) is 6.85. The Morgan fingerprint density at radius 1 is 1.15 bits per heavy atom.